The number of hydrogen-bond donors (Lipinski definition) is 2. The lowest BCUT2D eigenvalue weighted by Gasteiger charge is -2.40. The second-order valence-corrected chi connectivity index (χ2v) is 8.66. The monoisotopic (exact) mass is 487 g/mol. The zero-order chi connectivity index (χ0) is 24.7. The van der Waals surface area contributed by atoms with Crippen molar-refractivity contribution < 1.29 is 9.72 Å². The summed E-state index contributed by atoms with van der Waals surface area (Å²) in [5.74, 6) is -0.830. The Morgan fingerprint density at radius 2 is 1.97 bits per heavy atom. The number of aromatic nitrogens is 3. The summed E-state index contributed by atoms with van der Waals surface area (Å²) in [6.45, 7) is 0. The number of H-pyrrole nitrogens is 1. The lowest BCUT2D eigenvalue weighted by Crippen LogP contribution is -2.40. The topological polar surface area (TPSA) is 155 Å². The number of carbonyl (C=O) groups is 1. The van der Waals surface area contributed by atoms with Crippen LogP contribution in [0, 0.1) is 21.4 Å². The zero-order valence-electron chi connectivity index (χ0n) is 18.2. The molecule has 35 heavy (non-hydrogen) atoms. The molecule has 2 unspecified atom stereocenters. The molecule has 2 aromatic carbocycles. The van der Waals surface area contributed by atoms with E-state index < -0.39 is 10.8 Å². The summed E-state index contributed by atoms with van der Waals surface area (Å²) in [4.78, 5) is 30.4. The fraction of sp³-hybridized carbons (Fsp3) is 0.167. The maximum Gasteiger partial charge on any atom is 0.288 e. The molecule has 2 atom stereocenters. The number of anilines is 1. The highest BCUT2D eigenvalue weighted by molar-refractivity contribution is 6.32. The fourth-order valence-corrected chi connectivity index (χ4v) is 5.01. The van der Waals surface area contributed by atoms with Crippen LogP contribution in [0.3, 0.4) is 0 Å². The van der Waals surface area contributed by atoms with E-state index in [0.717, 1.165) is 5.56 Å². The number of nitrogens with two attached hydrogens (primary N) is 1. The number of ketones is 1. The molecule has 2 aliphatic rings. The number of carbonyl (C=O) groups excluding carboxylic acids is 1. The van der Waals surface area contributed by atoms with Gasteiger partial charge in [0.1, 0.15) is 17.2 Å². The van der Waals surface area contributed by atoms with Crippen molar-refractivity contribution in [3.63, 3.8) is 0 Å². The molecule has 2 heterocycles. The minimum atomic E-state index is -0.880. The van der Waals surface area contributed by atoms with E-state index in [1.807, 2.05) is 30.3 Å². The van der Waals surface area contributed by atoms with Crippen molar-refractivity contribution in [2.24, 2.45) is 5.73 Å². The first-order valence-corrected chi connectivity index (χ1v) is 11.1. The van der Waals surface area contributed by atoms with Crippen LogP contribution in [0.5, 0.6) is 0 Å². The van der Waals surface area contributed by atoms with Crippen molar-refractivity contribution in [3.8, 4) is 6.07 Å². The van der Waals surface area contributed by atoms with Crippen LogP contribution in [0.4, 0.5) is 11.6 Å². The number of nitrogens with zero attached hydrogens (tertiary/aromatic N) is 5. The predicted molar refractivity (Wildman–Crippen MR) is 127 cm³/mol. The predicted octanol–water partition coefficient (Wildman–Crippen LogP) is 4.06. The highest BCUT2D eigenvalue weighted by atomic mass is 35.5. The molecule has 5 rings (SSSR count). The Labute approximate surface area is 204 Å². The van der Waals surface area contributed by atoms with E-state index in [1.165, 1.54) is 18.5 Å². The minimum absolute atomic E-state index is 0.0402. The molecule has 0 spiro atoms. The summed E-state index contributed by atoms with van der Waals surface area (Å²) in [5, 5.41) is 28.3. The third kappa shape index (κ3) is 3.72. The molecule has 1 aromatic heterocycles. The summed E-state index contributed by atoms with van der Waals surface area (Å²) in [6.07, 6.45) is 1.97. The standard InChI is InChI=1S/C24H18ClN7O3/c25-17-7-6-14(8-18(17)32(34)35)21-16(11-26)23(27)31(24-28-12-29-30-24)19-9-15(10-20(33)22(19)21)13-4-2-1-3-5-13/h1-8,12,15,21H,9-10,27H2,(H,28,29,30). The Balaban J connectivity index is 1.73. The summed E-state index contributed by atoms with van der Waals surface area (Å²) in [6, 6.07) is 16.0. The largest absolute Gasteiger partial charge is 0.384 e. The van der Waals surface area contributed by atoms with Gasteiger partial charge in [0.25, 0.3) is 5.69 Å². The number of nitro benzene ring substituents is 1. The molecule has 11 heteroatoms. The average molecular weight is 488 g/mol. The molecule has 0 saturated heterocycles. The van der Waals surface area contributed by atoms with E-state index >= 15 is 0 Å². The lowest BCUT2D eigenvalue weighted by molar-refractivity contribution is -0.384. The van der Waals surface area contributed by atoms with E-state index in [4.69, 9.17) is 17.3 Å². The maximum absolute atomic E-state index is 13.7. The molecule has 1 aliphatic heterocycles. The molecular formula is C24H18ClN7O3. The number of hydrogen-bond acceptors (Lipinski definition) is 8. The molecule has 0 fully saturated rings. The lowest BCUT2D eigenvalue weighted by atomic mass is 9.72. The van der Waals surface area contributed by atoms with Gasteiger partial charge in [0.15, 0.2) is 5.78 Å². The van der Waals surface area contributed by atoms with Crippen molar-refractivity contribution >= 4 is 29.0 Å². The number of nitriles is 1. The van der Waals surface area contributed by atoms with Gasteiger partial charge >= 0.3 is 0 Å². The number of halogens is 1. The van der Waals surface area contributed by atoms with Crippen molar-refractivity contribution in [2.75, 3.05) is 4.90 Å². The van der Waals surface area contributed by atoms with Crippen LogP contribution in [0.25, 0.3) is 0 Å². The molecule has 0 saturated carbocycles. The number of benzene rings is 2. The molecule has 3 N–H and O–H groups in total. The van der Waals surface area contributed by atoms with Gasteiger partial charge in [-0.25, -0.2) is 5.10 Å². The number of nitro groups is 1. The second-order valence-electron chi connectivity index (χ2n) is 8.26. The molecular weight excluding hydrogens is 470 g/mol. The van der Waals surface area contributed by atoms with E-state index in [0.29, 0.717) is 23.3 Å². The molecule has 0 amide bonds. The van der Waals surface area contributed by atoms with Crippen LogP contribution in [0.1, 0.15) is 35.8 Å². The number of rotatable bonds is 4. The number of Topliss-reactive ketones (excluding diaryl/α,β-unsaturated/α-hetero) is 1. The third-order valence-corrected chi connectivity index (χ3v) is 6.67. The summed E-state index contributed by atoms with van der Waals surface area (Å²) in [5.41, 5.74) is 8.59. The molecule has 174 valence electrons. The van der Waals surface area contributed by atoms with E-state index in [1.54, 1.807) is 11.0 Å². The number of aromatic amines is 1. The fourth-order valence-electron chi connectivity index (χ4n) is 4.82. The van der Waals surface area contributed by atoms with Crippen LogP contribution >= 0.6 is 11.6 Å². The summed E-state index contributed by atoms with van der Waals surface area (Å²) in [7, 11) is 0. The first-order chi connectivity index (χ1) is 16.9. The zero-order valence-corrected chi connectivity index (χ0v) is 18.9. The quantitative estimate of drug-likeness (QED) is 0.412. The van der Waals surface area contributed by atoms with Crippen LogP contribution < -0.4 is 10.6 Å². The molecule has 1 aliphatic carbocycles. The van der Waals surface area contributed by atoms with Gasteiger partial charge in [-0.15, -0.1) is 0 Å². The van der Waals surface area contributed by atoms with Gasteiger partial charge in [0.2, 0.25) is 5.95 Å². The van der Waals surface area contributed by atoms with Gasteiger partial charge in [0.05, 0.1) is 22.5 Å². The Hall–Kier alpha value is -4.49. The molecule has 3 aromatic rings. The Morgan fingerprint density at radius 1 is 1.20 bits per heavy atom. The molecule has 0 bridgehead atoms. The first kappa shape index (κ1) is 22.3. The Morgan fingerprint density at radius 3 is 2.63 bits per heavy atom. The van der Waals surface area contributed by atoms with Crippen molar-refractivity contribution in [1.29, 1.82) is 5.26 Å². The number of nitrogens with one attached hydrogen (secondary N) is 1. The van der Waals surface area contributed by atoms with E-state index in [-0.39, 0.29) is 46.2 Å². The van der Waals surface area contributed by atoms with Gasteiger partial charge in [-0.05, 0) is 29.5 Å². The van der Waals surface area contributed by atoms with Gasteiger partial charge in [-0.2, -0.15) is 15.3 Å². The van der Waals surface area contributed by atoms with Gasteiger partial charge in [-0.3, -0.25) is 19.8 Å². The first-order valence-electron chi connectivity index (χ1n) is 10.7. The Bertz CT molecular complexity index is 1440. The molecule has 0 radical (unpaired) electrons. The highest BCUT2D eigenvalue weighted by Crippen LogP contribution is 2.49. The third-order valence-electron chi connectivity index (χ3n) is 6.35. The van der Waals surface area contributed by atoms with Gasteiger partial charge in [0, 0.05) is 23.8 Å². The van der Waals surface area contributed by atoms with E-state index in [2.05, 4.69) is 21.3 Å². The molecule has 10 nitrogen and oxygen atoms in total. The summed E-state index contributed by atoms with van der Waals surface area (Å²) < 4.78 is 0. The minimum Gasteiger partial charge on any atom is -0.384 e. The van der Waals surface area contributed by atoms with E-state index in [9.17, 15) is 20.2 Å². The number of allylic oxidation sites excluding steroid dienone is 3. The van der Waals surface area contributed by atoms with Gasteiger partial charge in [-0.1, -0.05) is 48.0 Å². The second kappa shape index (κ2) is 8.70. The summed E-state index contributed by atoms with van der Waals surface area (Å²) >= 11 is 6.02. The van der Waals surface area contributed by atoms with Gasteiger partial charge < -0.3 is 5.73 Å². The smallest absolute Gasteiger partial charge is 0.288 e. The highest BCUT2D eigenvalue weighted by Gasteiger charge is 2.44. The maximum atomic E-state index is 13.7. The van der Waals surface area contributed by atoms with Crippen molar-refractivity contribution in [1.82, 2.24) is 15.2 Å². The van der Waals surface area contributed by atoms with Crippen LogP contribution in [-0.4, -0.2) is 25.9 Å². The van der Waals surface area contributed by atoms with Crippen LogP contribution in [0.2, 0.25) is 5.02 Å². The van der Waals surface area contributed by atoms with Crippen LogP contribution in [0.15, 0.2) is 77.5 Å². The normalized spacial score (nSPS) is 20.0. The Kier molecular flexibility index (Phi) is 5.55. The van der Waals surface area contributed by atoms with Crippen molar-refractivity contribution in [2.45, 2.75) is 24.7 Å². The van der Waals surface area contributed by atoms with Crippen molar-refractivity contribution in [3.05, 3.63) is 104 Å². The van der Waals surface area contributed by atoms with Crippen LogP contribution in [-0.2, 0) is 4.79 Å². The SMILES string of the molecule is N#CC1=C(N)N(c2ncn[nH]2)C2=C(C(=O)CC(c3ccccc3)C2)C1c1ccc(Cl)c([N+](=O)[O-])c1. The average Bonchev–Trinajstić information content (AvgIpc) is 3.38.